The minimum absolute atomic E-state index is 0.186. The average molecular weight is 456 g/mol. The molecule has 0 radical (unpaired) electrons. The van der Waals surface area contributed by atoms with Crippen molar-refractivity contribution in [1.29, 1.82) is 0 Å². The Morgan fingerprint density at radius 1 is 1.19 bits per heavy atom. The van der Waals surface area contributed by atoms with E-state index in [-0.39, 0.29) is 22.8 Å². The van der Waals surface area contributed by atoms with Crippen molar-refractivity contribution in [2.24, 2.45) is 11.8 Å². The van der Waals surface area contributed by atoms with Gasteiger partial charge in [0.2, 0.25) is 5.95 Å². The van der Waals surface area contributed by atoms with Crippen LogP contribution in [0.4, 0.5) is 16.2 Å². The first kappa shape index (κ1) is 20.7. The van der Waals surface area contributed by atoms with E-state index < -0.39 is 5.82 Å². The monoisotopic (exact) mass is 455 g/mol. The summed E-state index contributed by atoms with van der Waals surface area (Å²) >= 11 is 5.92. The number of piperidine rings is 1. The zero-order valence-corrected chi connectivity index (χ0v) is 18.3. The number of nitrogens with zero attached hydrogens (tertiary/aromatic N) is 6. The second-order valence-electron chi connectivity index (χ2n) is 8.24. The smallest absolute Gasteiger partial charge is 0.326 e. The highest BCUT2D eigenvalue weighted by Crippen LogP contribution is 2.40. The van der Waals surface area contributed by atoms with E-state index in [0.717, 1.165) is 37.4 Å². The third kappa shape index (κ3) is 4.12. The predicted molar refractivity (Wildman–Crippen MR) is 120 cm³/mol. The molecule has 1 aromatic carbocycles. The minimum Gasteiger partial charge on any atom is -0.424 e. The van der Waals surface area contributed by atoms with Crippen molar-refractivity contribution < 1.29 is 9.13 Å². The van der Waals surface area contributed by atoms with E-state index in [1.165, 1.54) is 29.1 Å². The standard InChI is InChI=1S/C22H23ClFN7O/c1-3-31-22(32-18-8-16(23)7-17(24)9-18)28-21(29-31)27-20-14-4-5-15(20)11-30(10-14)19-6-13(2)25-12-26-19/h3,6-9,12,14-15,20H,1,4-5,10-11H2,2H3,(H,27,29)/t14-,15+,20+. The number of aromatic nitrogens is 5. The maximum atomic E-state index is 13.6. The Morgan fingerprint density at radius 2 is 1.97 bits per heavy atom. The van der Waals surface area contributed by atoms with E-state index in [1.54, 1.807) is 6.33 Å². The Hall–Kier alpha value is -3.20. The molecule has 3 aromatic rings. The summed E-state index contributed by atoms with van der Waals surface area (Å²) in [6, 6.07) is 6.45. The van der Waals surface area contributed by atoms with Gasteiger partial charge in [-0.05, 0) is 43.7 Å². The zero-order chi connectivity index (χ0) is 22.2. The fourth-order valence-electron chi connectivity index (χ4n) is 4.66. The van der Waals surface area contributed by atoms with Crippen LogP contribution < -0.4 is 15.0 Å². The summed E-state index contributed by atoms with van der Waals surface area (Å²) in [6.45, 7) is 7.56. The Labute approximate surface area is 190 Å². The van der Waals surface area contributed by atoms with Gasteiger partial charge >= 0.3 is 6.01 Å². The highest BCUT2D eigenvalue weighted by molar-refractivity contribution is 6.30. The molecule has 32 heavy (non-hydrogen) atoms. The molecule has 0 spiro atoms. The first-order valence-electron chi connectivity index (χ1n) is 10.5. The quantitative estimate of drug-likeness (QED) is 0.590. The van der Waals surface area contributed by atoms with Crippen molar-refractivity contribution in [3.63, 3.8) is 0 Å². The number of hydrogen-bond acceptors (Lipinski definition) is 7. The molecule has 5 rings (SSSR count). The number of hydrogen-bond donors (Lipinski definition) is 1. The highest BCUT2D eigenvalue weighted by atomic mass is 35.5. The molecule has 0 unspecified atom stereocenters. The molecule has 10 heteroatoms. The van der Waals surface area contributed by atoms with Gasteiger partial charge in [-0.3, -0.25) is 0 Å². The SMILES string of the molecule is C=Cn1nc(N[C@H]2[C@@H]3CC[C@H]2CN(c2cc(C)ncn2)C3)nc1Oc1cc(F)cc(Cl)c1. The fraction of sp³-hybridized carbons (Fsp3) is 0.364. The molecule has 2 aliphatic rings. The van der Waals surface area contributed by atoms with Crippen LogP contribution in [-0.4, -0.2) is 43.9 Å². The summed E-state index contributed by atoms with van der Waals surface area (Å²) in [7, 11) is 0. The topological polar surface area (TPSA) is 81.0 Å². The van der Waals surface area contributed by atoms with E-state index >= 15 is 0 Å². The van der Waals surface area contributed by atoms with E-state index in [2.05, 4.69) is 36.8 Å². The maximum Gasteiger partial charge on any atom is 0.326 e. The summed E-state index contributed by atoms with van der Waals surface area (Å²) in [4.78, 5) is 15.5. The first-order valence-corrected chi connectivity index (χ1v) is 10.9. The van der Waals surface area contributed by atoms with Crippen molar-refractivity contribution in [2.75, 3.05) is 23.3 Å². The summed E-state index contributed by atoms with van der Waals surface area (Å²) in [5.74, 6) is 2.09. The summed E-state index contributed by atoms with van der Waals surface area (Å²) < 4.78 is 20.8. The number of halogens is 2. The van der Waals surface area contributed by atoms with Crippen LogP contribution in [-0.2, 0) is 0 Å². The van der Waals surface area contributed by atoms with Gasteiger partial charge in [0.15, 0.2) is 0 Å². The number of rotatable bonds is 6. The van der Waals surface area contributed by atoms with Gasteiger partial charge in [0, 0.05) is 48.2 Å². The molecule has 2 fully saturated rings. The highest BCUT2D eigenvalue weighted by Gasteiger charge is 2.43. The number of nitrogens with one attached hydrogen (secondary N) is 1. The number of ether oxygens (including phenoxy) is 1. The van der Waals surface area contributed by atoms with Crippen LogP contribution in [0.2, 0.25) is 5.02 Å². The largest absolute Gasteiger partial charge is 0.424 e. The first-order chi connectivity index (χ1) is 15.5. The Morgan fingerprint density at radius 3 is 2.66 bits per heavy atom. The Kier molecular flexibility index (Phi) is 5.42. The number of anilines is 2. The molecule has 2 aromatic heterocycles. The molecular formula is C22H23ClFN7O. The molecule has 3 heterocycles. The van der Waals surface area contributed by atoms with Gasteiger partial charge in [0.05, 0.1) is 0 Å². The molecule has 1 saturated heterocycles. The van der Waals surface area contributed by atoms with Crippen LogP contribution in [0.15, 0.2) is 37.2 Å². The van der Waals surface area contributed by atoms with Crippen molar-refractivity contribution in [1.82, 2.24) is 24.7 Å². The van der Waals surface area contributed by atoms with Gasteiger partial charge < -0.3 is 15.0 Å². The molecule has 2 bridgehead atoms. The molecular weight excluding hydrogens is 433 g/mol. The molecule has 166 valence electrons. The van der Waals surface area contributed by atoms with E-state index in [1.807, 2.05) is 13.0 Å². The lowest BCUT2D eigenvalue weighted by atomic mass is 9.92. The van der Waals surface area contributed by atoms with E-state index in [9.17, 15) is 4.39 Å². The molecule has 1 N–H and O–H groups in total. The van der Waals surface area contributed by atoms with Crippen molar-refractivity contribution in [3.8, 4) is 11.8 Å². The number of fused-ring (bicyclic) bond motifs is 2. The molecule has 8 nitrogen and oxygen atoms in total. The van der Waals surface area contributed by atoms with Gasteiger partial charge in [0.25, 0.3) is 0 Å². The second-order valence-corrected chi connectivity index (χ2v) is 8.68. The second kappa shape index (κ2) is 8.38. The maximum absolute atomic E-state index is 13.6. The normalized spacial score (nSPS) is 22.1. The number of benzene rings is 1. The van der Waals surface area contributed by atoms with Gasteiger partial charge in [-0.2, -0.15) is 9.67 Å². The van der Waals surface area contributed by atoms with Crippen molar-refractivity contribution in [2.45, 2.75) is 25.8 Å². The lowest BCUT2D eigenvalue weighted by Crippen LogP contribution is -2.48. The van der Waals surface area contributed by atoms with E-state index in [0.29, 0.717) is 17.8 Å². The third-order valence-electron chi connectivity index (χ3n) is 6.06. The Balaban J connectivity index is 1.31. The van der Waals surface area contributed by atoms with Gasteiger partial charge in [-0.15, -0.1) is 5.10 Å². The average Bonchev–Trinajstić information content (AvgIpc) is 3.22. The van der Waals surface area contributed by atoms with Crippen LogP contribution in [0.5, 0.6) is 11.8 Å². The molecule has 1 aliphatic carbocycles. The lowest BCUT2D eigenvalue weighted by molar-refractivity contribution is 0.374. The van der Waals surface area contributed by atoms with Crippen LogP contribution in [0.3, 0.4) is 0 Å². The molecule has 1 saturated carbocycles. The molecule has 1 aliphatic heterocycles. The zero-order valence-electron chi connectivity index (χ0n) is 17.6. The van der Waals surface area contributed by atoms with Crippen molar-refractivity contribution in [3.05, 3.63) is 53.7 Å². The predicted octanol–water partition coefficient (Wildman–Crippen LogP) is 4.39. The van der Waals surface area contributed by atoms with Crippen LogP contribution in [0.1, 0.15) is 18.5 Å². The van der Waals surface area contributed by atoms with Crippen molar-refractivity contribution >= 4 is 29.6 Å². The Bertz CT molecular complexity index is 1120. The van der Waals surface area contributed by atoms with Crippen LogP contribution >= 0.6 is 11.6 Å². The summed E-state index contributed by atoms with van der Waals surface area (Å²) in [5.41, 5.74) is 0.967. The fourth-order valence-corrected chi connectivity index (χ4v) is 4.87. The summed E-state index contributed by atoms with van der Waals surface area (Å²) in [6.07, 6.45) is 5.38. The van der Waals surface area contributed by atoms with Crippen LogP contribution in [0.25, 0.3) is 6.20 Å². The lowest BCUT2D eigenvalue weighted by Gasteiger charge is -2.38. The van der Waals surface area contributed by atoms with Gasteiger partial charge in [-0.25, -0.2) is 14.4 Å². The minimum atomic E-state index is -0.488. The molecule has 3 atom stereocenters. The number of aryl methyl sites for hydroxylation is 1. The van der Waals surface area contributed by atoms with E-state index in [4.69, 9.17) is 16.3 Å². The molecule has 0 amide bonds. The third-order valence-corrected chi connectivity index (χ3v) is 6.28. The van der Waals surface area contributed by atoms with Crippen LogP contribution in [0, 0.1) is 24.6 Å². The van der Waals surface area contributed by atoms with Gasteiger partial charge in [0.1, 0.15) is 23.7 Å². The summed E-state index contributed by atoms with van der Waals surface area (Å²) in [5, 5.41) is 8.18. The van der Waals surface area contributed by atoms with Gasteiger partial charge in [-0.1, -0.05) is 18.2 Å².